The van der Waals surface area contributed by atoms with E-state index in [-0.39, 0.29) is 6.10 Å². The Bertz CT molecular complexity index is 1670. The van der Waals surface area contributed by atoms with Gasteiger partial charge < -0.3 is 31.3 Å². The summed E-state index contributed by atoms with van der Waals surface area (Å²) in [5, 5.41) is 15.6. The first kappa shape index (κ1) is 38.8. The van der Waals surface area contributed by atoms with Gasteiger partial charge in [-0.2, -0.15) is 26.3 Å². The summed E-state index contributed by atoms with van der Waals surface area (Å²) < 4.78 is 71.6. The molecule has 0 saturated carbocycles. The summed E-state index contributed by atoms with van der Waals surface area (Å²) in [6.07, 6.45) is -8.78. The Hall–Kier alpha value is -4.39. The number of nitrogens with two attached hydrogens (primary N) is 2. The van der Waals surface area contributed by atoms with Gasteiger partial charge in [-0.25, -0.2) is 14.6 Å². The predicted octanol–water partition coefficient (Wildman–Crippen LogP) is 5.64. The number of likely N-dealkylation sites (N-methyl/N-ethyl adjacent to an activating group) is 1. The van der Waals surface area contributed by atoms with Gasteiger partial charge in [-0.3, -0.25) is 9.36 Å². The molecule has 11 nitrogen and oxygen atoms in total. The van der Waals surface area contributed by atoms with Gasteiger partial charge in [0.25, 0.3) is 5.91 Å². The second kappa shape index (κ2) is 16.4. The number of imidazole rings is 1. The van der Waals surface area contributed by atoms with E-state index in [1.54, 1.807) is 6.33 Å². The zero-order valence-corrected chi connectivity index (χ0v) is 26.0. The topological polar surface area (TPSA) is 174 Å². The van der Waals surface area contributed by atoms with Crippen molar-refractivity contribution < 1.29 is 55.7 Å². The first-order valence-corrected chi connectivity index (χ1v) is 14.3. The maximum Gasteiger partial charge on any atom is 0.490 e. The molecule has 4 rings (SSSR count). The Morgan fingerprint density at radius 1 is 1.04 bits per heavy atom. The lowest BCUT2D eigenvalue weighted by Gasteiger charge is -2.16. The number of aliphatic carboxylic acids is 2. The third-order valence-corrected chi connectivity index (χ3v) is 7.33. The maximum absolute atomic E-state index is 12.2. The van der Waals surface area contributed by atoms with Gasteiger partial charge in [-0.1, -0.05) is 35.9 Å². The van der Waals surface area contributed by atoms with Crippen LogP contribution in [0.5, 0.6) is 5.75 Å². The van der Waals surface area contributed by atoms with E-state index in [1.165, 1.54) is 11.3 Å². The summed E-state index contributed by atoms with van der Waals surface area (Å²) in [6, 6.07) is 15.5. The highest BCUT2D eigenvalue weighted by Crippen LogP contribution is 2.37. The van der Waals surface area contributed by atoms with Crippen molar-refractivity contribution in [2.75, 3.05) is 20.1 Å². The summed E-state index contributed by atoms with van der Waals surface area (Å²) in [6.45, 7) is 4.09. The molecule has 0 unspecified atom stereocenters. The molecule has 2 heterocycles. The molecule has 1 atom stereocenters. The number of alkyl halides is 6. The van der Waals surface area contributed by atoms with Gasteiger partial charge in [0.15, 0.2) is 0 Å². The first-order valence-electron chi connectivity index (χ1n) is 13.1. The second-order valence-electron chi connectivity index (χ2n) is 9.49. The lowest BCUT2D eigenvalue weighted by molar-refractivity contribution is -0.193. The minimum atomic E-state index is -5.08. The quantitative estimate of drug-likeness (QED) is 0.160. The number of halogens is 7. The fourth-order valence-corrected chi connectivity index (χ4v) is 4.95. The molecule has 4 aromatic rings. The average molecular weight is 712 g/mol. The van der Waals surface area contributed by atoms with E-state index >= 15 is 0 Å². The summed E-state index contributed by atoms with van der Waals surface area (Å²) in [5.74, 6) is -5.63. The van der Waals surface area contributed by atoms with Gasteiger partial charge in [0.2, 0.25) is 0 Å². The first-order chi connectivity index (χ1) is 21.8. The van der Waals surface area contributed by atoms with Crippen LogP contribution in [0, 0.1) is 0 Å². The smallest absolute Gasteiger partial charge is 0.484 e. The Morgan fingerprint density at radius 3 is 2.13 bits per heavy atom. The third kappa shape index (κ3) is 11.4. The number of fused-ring (bicyclic) bond motifs is 1. The molecule has 0 aliphatic rings. The molecule has 19 heteroatoms. The molecule has 2 aromatic carbocycles. The van der Waals surface area contributed by atoms with Crippen LogP contribution in [-0.4, -0.2) is 75.0 Å². The SMILES string of the molecule is C[C@@H](Oc1cc(-n2cnc3ccc(CN(C)CCN)cc32)sc1C(N)=O)c1ccccc1Cl.O=C(O)C(F)(F)F.O=C(O)C(F)(F)F. The lowest BCUT2D eigenvalue weighted by atomic mass is 10.1. The molecule has 0 fully saturated rings. The van der Waals surface area contributed by atoms with Gasteiger partial charge in [0.05, 0.1) is 11.0 Å². The van der Waals surface area contributed by atoms with Crippen molar-refractivity contribution in [3.05, 3.63) is 75.9 Å². The highest BCUT2D eigenvalue weighted by atomic mass is 35.5. The Balaban J connectivity index is 0.000000459. The number of ether oxygens (including phenoxy) is 1. The number of carboxylic acid groups (broad SMARTS) is 2. The van der Waals surface area contributed by atoms with E-state index < -0.39 is 30.2 Å². The van der Waals surface area contributed by atoms with Crippen LogP contribution < -0.4 is 16.2 Å². The molecule has 256 valence electrons. The minimum absolute atomic E-state index is 0.351. The van der Waals surface area contributed by atoms with Crippen LogP contribution in [0.4, 0.5) is 26.3 Å². The van der Waals surface area contributed by atoms with Crippen molar-refractivity contribution in [2.45, 2.75) is 31.9 Å². The Morgan fingerprint density at radius 2 is 1.62 bits per heavy atom. The van der Waals surface area contributed by atoms with Crippen LogP contribution in [-0.2, 0) is 16.1 Å². The van der Waals surface area contributed by atoms with Crippen LogP contribution in [0.2, 0.25) is 5.02 Å². The third-order valence-electron chi connectivity index (χ3n) is 5.85. The number of primary amides is 1. The summed E-state index contributed by atoms with van der Waals surface area (Å²) in [5.41, 5.74) is 15.1. The van der Waals surface area contributed by atoms with Crippen LogP contribution in [0.1, 0.15) is 33.8 Å². The highest BCUT2D eigenvalue weighted by molar-refractivity contribution is 7.16. The molecule has 0 aliphatic heterocycles. The fraction of sp³-hybridized carbons (Fsp3) is 0.286. The molecule has 0 radical (unpaired) electrons. The van der Waals surface area contributed by atoms with Crippen molar-refractivity contribution in [1.29, 1.82) is 0 Å². The number of carbonyl (C=O) groups excluding carboxylic acids is 1. The van der Waals surface area contributed by atoms with Crippen molar-refractivity contribution in [1.82, 2.24) is 14.5 Å². The van der Waals surface area contributed by atoms with Crippen LogP contribution in [0.3, 0.4) is 0 Å². The van der Waals surface area contributed by atoms with E-state index in [2.05, 4.69) is 22.0 Å². The van der Waals surface area contributed by atoms with E-state index in [1.807, 2.05) is 54.9 Å². The van der Waals surface area contributed by atoms with Crippen molar-refractivity contribution in [3.63, 3.8) is 0 Å². The van der Waals surface area contributed by atoms with Gasteiger partial charge in [0, 0.05) is 36.3 Å². The van der Waals surface area contributed by atoms with Gasteiger partial charge >= 0.3 is 24.3 Å². The molecule has 0 bridgehead atoms. The standard InChI is InChI=1S/C24H26ClN5O2S.2C2HF3O2/c1-15(17-5-3-4-6-18(17)25)32-21-12-22(33-23(21)24(27)31)30-14-28-19-8-7-16(11-20(19)30)13-29(2)10-9-26;2*3-2(4,5)1(6)7/h3-8,11-12,14-15H,9-10,13,26H2,1-2H3,(H2,27,31);2*(H,6,7)/t15-;;/m1../s1. The number of amides is 1. The van der Waals surface area contributed by atoms with Crippen molar-refractivity contribution in [2.24, 2.45) is 11.5 Å². The number of carbonyl (C=O) groups is 3. The highest BCUT2D eigenvalue weighted by Gasteiger charge is 2.38. The minimum Gasteiger partial charge on any atom is -0.484 e. The lowest BCUT2D eigenvalue weighted by Crippen LogP contribution is -2.24. The van der Waals surface area contributed by atoms with Gasteiger partial charge in [-0.15, -0.1) is 11.3 Å². The van der Waals surface area contributed by atoms with Crippen molar-refractivity contribution in [3.8, 4) is 10.8 Å². The number of thiophene rings is 1. The number of carboxylic acids is 2. The van der Waals surface area contributed by atoms with Gasteiger partial charge in [-0.05, 0) is 37.7 Å². The monoisotopic (exact) mass is 711 g/mol. The number of aromatic nitrogens is 2. The van der Waals surface area contributed by atoms with Crippen LogP contribution in [0.25, 0.3) is 16.0 Å². The molecule has 2 aromatic heterocycles. The molecule has 0 aliphatic carbocycles. The molecular formula is C28H28ClF6N5O6S. The number of hydrogen-bond donors (Lipinski definition) is 4. The summed E-state index contributed by atoms with van der Waals surface area (Å²) in [4.78, 5) is 37.0. The van der Waals surface area contributed by atoms with Crippen LogP contribution >= 0.6 is 22.9 Å². The predicted molar refractivity (Wildman–Crippen MR) is 161 cm³/mol. The number of nitrogens with zero attached hydrogens (tertiary/aromatic N) is 3. The Labute approximate surface area is 271 Å². The number of benzene rings is 2. The van der Waals surface area contributed by atoms with E-state index in [9.17, 15) is 31.1 Å². The largest absolute Gasteiger partial charge is 0.490 e. The molecule has 0 saturated heterocycles. The number of hydrogen-bond acceptors (Lipinski definition) is 8. The zero-order valence-electron chi connectivity index (χ0n) is 24.5. The molecule has 0 spiro atoms. The molecule has 47 heavy (non-hydrogen) atoms. The summed E-state index contributed by atoms with van der Waals surface area (Å²) >= 11 is 7.59. The average Bonchev–Trinajstić information content (AvgIpc) is 3.57. The maximum atomic E-state index is 12.2. The van der Waals surface area contributed by atoms with Crippen molar-refractivity contribution >= 4 is 51.8 Å². The normalized spacial score (nSPS) is 12.1. The second-order valence-corrected chi connectivity index (χ2v) is 10.9. The van der Waals surface area contributed by atoms with Gasteiger partial charge in [0.1, 0.15) is 28.1 Å². The number of rotatable bonds is 9. The zero-order chi connectivity index (χ0) is 35.7. The Kier molecular flexibility index (Phi) is 13.6. The van der Waals surface area contributed by atoms with E-state index in [0.29, 0.717) is 22.2 Å². The van der Waals surface area contributed by atoms with Crippen LogP contribution in [0.15, 0.2) is 54.9 Å². The van der Waals surface area contributed by atoms with E-state index in [0.717, 1.165) is 40.3 Å². The molecular weight excluding hydrogens is 684 g/mol. The van der Waals surface area contributed by atoms with E-state index in [4.69, 9.17) is 47.6 Å². The molecule has 6 N–H and O–H groups in total. The summed E-state index contributed by atoms with van der Waals surface area (Å²) in [7, 11) is 2.04. The molecule has 1 amide bonds. The fourth-order valence-electron chi connectivity index (χ4n) is 3.74.